The molecule has 2 aromatic rings. The maximum atomic E-state index is 13.0. The fourth-order valence-corrected chi connectivity index (χ4v) is 7.13. The van der Waals surface area contributed by atoms with Gasteiger partial charge in [0.05, 0.1) is 11.7 Å². The van der Waals surface area contributed by atoms with Gasteiger partial charge in [-0.05, 0) is 66.7 Å². The van der Waals surface area contributed by atoms with Crippen LogP contribution < -0.4 is 4.72 Å². The van der Waals surface area contributed by atoms with Crippen molar-refractivity contribution < 1.29 is 21.6 Å². The number of hydrogen-bond acceptors (Lipinski definition) is 4. The minimum atomic E-state index is -4.58. The van der Waals surface area contributed by atoms with Gasteiger partial charge in [-0.2, -0.15) is 30.6 Å². The number of benzene rings is 1. The largest absolute Gasteiger partial charge is 0.402 e. The molecule has 2 heterocycles. The Kier molecular flexibility index (Phi) is 5.04. The maximum absolute atomic E-state index is 13.0. The highest BCUT2D eigenvalue weighted by atomic mass is 32.2. The number of aromatic nitrogens is 2. The maximum Gasteiger partial charge on any atom is 0.402 e. The number of nitrogens with zero attached hydrogens (tertiary/aromatic N) is 3. The van der Waals surface area contributed by atoms with Crippen LogP contribution in [0.25, 0.3) is 0 Å². The Morgan fingerprint density at radius 1 is 1.12 bits per heavy atom. The zero-order chi connectivity index (χ0) is 22.6. The predicted octanol–water partition coefficient (Wildman–Crippen LogP) is 2.45. The first-order valence-electron chi connectivity index (χ1n) is 10.4. The fraction of sp³-hybridized carbons (Fsp3) is 0.455. The molecule has 2 aliphatic carbocycles. The lowest BCUT2D eigenvalue weighted by molar-refractivity contribution is -0.136. The standard InChI is InChI=1S/C22H21F3N4O2S/c23-22(24,25)14-29-13-21(28-32(29,30)31)18-4-5-19(21)11-17-9-15(1-3-16(17)10-18)2-6-20-12-26-7-8-27-20/h1,3,7-9,12,18-19,28H,4-5,10-11,13-14H2/t18-,19+,21+/m0/s1. The van der Waals surface area contributed by atoms with Crippen molar-refractivity contribution in [3.63, 3.8) is 0 Å². The van der Waals surface area contributed by atoms with Crippen LogP contribution in [-0.4, -0.2) is 47.5 Å². The molecule has 32 heavy (non-hydrogen) atoms. The molecule has 3 atom stereocenters. The van der Waals surface area contributed by atoms with E-state index in [0.717, 1.165) is 29.5 Å². The summed E-state index contributed by atoms with van der Waals surface area (Å²) >= 11 is 0. The van der Waals surface area contributed by atoms with Crippen LogP contribution in [0.5, 0.6) is 0 Å². The average Bonchev–Trinajstić information content (AvgIpc) is 3.11. The second-order valence-corrected chi connectivity index (χ2v) is 10.4. The zero-order valence-corrected chi connectivity index (χ0v) is 17.9. The van der Waals surface area contributed by atoms with E-state index in [1.807, 2.05) is 18.2 Å². The minimum absolute atomic E-state index is 0.0433. The van der Waals surface area contributed by atoms with Crippen molar-refractivity contribution in [2.24, 2.45) is 11.8 Å². The monoisotopic (exact) mass is 462 g/mol. The van der Waals surface area contributed by atoms with Crippen LogP contribution in [0, 0.1) is 23.7 Å². The van der Waals surface area contributed by atoms with Crippen LogP contribution in [0.2, 0.25) is 0 Å². The molecule has 3 aliphatic rings. The van der Waals surface area contributed by atoms with Crippen molar-refractivity contribution in [3.8, 4) is 11.8 Å². The summed E-state index contributed by atoms with van der Waals surface area (Å²) in [5, 5.41) is 0. The predicted molar refractivity (Wildman–Crippen MR) is 110 cm³/mol. The van der Waals surface area contributed by atoms with E-state index < -0.39 is 28.5 Å². The molecule has 2 fully saturated rings. The number of rotatable bonds is 1. The second kappa shape index (κ2) is 7.54. The van der Waals surface area contributed by atoms with Gasteiger partial charge in [0.15, 0.2) is 0 Å². The molecule has 0 radical (unpaired) electrons. The van der Waals surface area contributed by atoms with Crippen molar-refractivity contribution in [1.29, 1.82) is 0 Å². The van der Waals surface area contributed by atoms with E-state index in [-0.39, 0.29) is 18.4 Å². The summed E-state index contributed by atoms with van der Waals surface area (Å²) in [5.41, 5.74) is 2.69. The molecular formula is C22H21F3N4O2S. The summed E-state index contributed by atoms with van der Waals surface area (Å²) in [6.45, 7) is -1.60. The highest BCUT2D eigenvalue weighted by Crippen LogP contribution is 2.50. The highest BCUT2D eigenvalue weighted by Gasteiger charge is 2.60. The van der Waals surface area contributed by atoms with Gasteiger partial charge in [-0.15, -0.1) is 0 Å². The van der Waals surface area contributed by atoms with Gasteiger partial charge in [-0.3, -0.25) is 4.98 Å². The van der Waals surface area contributed by atoms with Gasteiger partial charge in [0, 0.05) is 24.5 Å². The SMILES string of the molecule is O=S1(=O)N[C@@]2(CN1CC(F)(F)F)[C@@H]1CC[C@H]2Cc2ccc(C#Cc3cnccn3)cc2C1. The van der Waals surface area contributed by atoms with Crippen molar-refractivity contribution in [3.05, 3.63) is 59.2 Å². The Labute approximate surface area is 184 Å². The Bertz CT molecular complexity index is 1210. The van der Waals surface area contributed by atoms with Gasteiger partial charge in [0.2, 0.25) is 0 Å². The van der Waals surface area contributed by atoms with Crippen molar-refractivity contribution in [2.75, 3.05) is 13.1 Å². The molecule has 1 N–H and O–H groups in total. The number of nitrogens with one attached hydrogen (secondary N) is 1. The van der Waals surface area contributed by atoms with Gasteiger partial charge in [-0.25, -0.2) is 4.98 Å². The van der Waals surface area contributed by atoms with Gasteiger partial charge in [0.1, 0.15) is 12.2 Å². The molecule has 168 valence electrons. The quantitative estimate of drug-likeness (QED) is 0.661. The van der Waals surface area contributed by atoms with Crippen LogP contribution in [0.15, 0.2) is 36.8 Å². The topological polar surface area (TPSA) is 75.2 Å². The lowest BCUT2D eigenvalue weighted by Crippen LogP contribution is -2.52. The Morgan fingerprint density at radius 2 is 1.88 bits per heavy atom. The summed E-state index contributed by atoms with van der Waals surface area (Å²) in [6.07, 6.45) is 2.96. The van der Waals surface area contributed by atoms with E-state index >= 15 is 0 Å². The van der Waals surface area contributed by atoms with Crippen LogP contribution in [0.3, 0.4) is 0 Å². The van der Waals surface area contributed by atoms with Crippen LogP contribution in [-0.2, 0) is 23.1 Å². The third kappa shape index (κ3) is 3.89. The molecule has 1 saturated carbocycles. The van der Waals surface area contributed by atoms with E-state index in [4.69, 9.17) is 0 Å². The van der Waals surface area contributed by atoms with E-state index in [1.165, 1.54) is 0 Å². The average molecular weight is 462 g/mol. The molecular weight excluding hydrogens is 441 g/mol. The van der Waals surface area contributed by atoms with E-state index in [0.29, 0.717) is 22.8 Å². The number of hydrogen-bond donors (Lipinski definition) is 1. The lowest BCUT2D eigenvalue weighted by Gasteiger charge is -2.33. The first-order valence-corrected chi connectivity index (χ1v) is 11.8. The zero-order valence-electron chi connectivity index (χ0n) is 17.1. The minimum Gasteiger partial charge on any atom is -0.260 e. The molecule has 1 aromatic carbocycles. The molecule has 2 bridgehead atoms. The molecule has 5 rings (SSSR count). The molecule has 1 aliphatic heterocycles. The van der Waals surface area contributed by atoms with Crippen LogP contribution >= 0.6 is 0 Å². The van der Waals surface area contributed by atoms with Crippen LogP contribution in [0.4, 0.5) is 13.2 Å². The normalized spacial score (nSPS) is 28.7. The number of alkyl halides is 3. The van der Waals surface area contributed by atoms with E-state index in [9.17, 15) is 21.6 Å². The van der Waals surface area contributed by atoms with Gasteiger partial charge in [0.25, 0.3) is 10.2 Å². The highest BCUT2D eigenvalue weighted by molar-refractivity contribution is 7.87. The first-order chi connectivity index (χ1) is 15.1. The Hall–Kier alpha value is -2.48. The molecule has 0 unspecified atom stereocenters. The summed E-state index contributed by atoms with van der Waals surface area (Å²) in [6, 6.07) is 5.92. The summed E-state index contributed by atoms with van der Waals surface area (Å²) in [4.78, 5) is 8.13. The van der Waals surface area contributed by atoms with Crippen molar-refractivity contribution in [2.45, 2.75) is 37.4 Å². The van der Waals surface area contributed by atoms with E-state index in [2.05, 4.69) is 26.5 Å². The van der Waals surface area contributed by atoms with Crippen LogP contribution in [0.1, 0.15) is 35.2 Å². The number of halogens is 3. The summed E-state index contributed by atoms with van der Waals surface area (Å²) < 4.78 is 67.4. The molecule has 6 nitrogen and oxygen atoms in total. The van der Waals surface area contributed by atoms with Gasteiger partial charge >= 0.3 is 6.18 Å². The molecule has 1 aromatic heterocycles. The van der Waals surface area contributed by atoms with Gasteiger partial charge in [-0.1, -0.05) is 12.0 Å². The number of fused-ring (bicyclic) bond motifs is 1. The van der Waals surface area contributed by atoms with Crippen molar-refractivity contribution in [1.82, 2.24) is 19.0 Å². The molecule has 0 amide bonds. The van der Waals surface area contributed by atoms with Gasteiger partial charge < -0.3 is 0 Å². The first kappa shape index (κ1) is 21.4. The molecule has 1 saturated heterocycles. The molecule has 10 heteroatoms. The second-order valence-electron chi connectivity index (χ2n) is 8.73. The lowest BCUT2D eigenvalue weighted by atomic mass is 9.79. The summed E-state index contributed by atoms with van der Waals surface area (Å²) in [7, 11) is -4.18. The third-order valence-corrected chi connectivity index (χ3v) is 8.39. The fourth-order valence-electron chi connectivity index (χ4n) is 5.42. The smallest absolute Gasteiger partial charge is 0.260 e. The van der Waals surface area contributed by atoms with E-state index in [1.54, 1.807) is 18.6 Å². The van der Waals surface area contributed by atoms with Crippen molar-refractivity contribution >= 4 is 10.2 Å². The Morgan fingerprint density at radius 3 is 2.56 bits per heavy atom. The molecule has 1 spiro atoms. The summed E-state index contributed by atoms with van der Waals surface area (Å²) in [5.74, 6) is 5.95. The third-order valence-electron chi connectivity index (χ3n) is 6.81. The Balaban J connectivity index is 1.43.